The zero-order chi connectivity index (χ0) is 15.4. The zero-order valence-electron chi connectivity index (χ0n) is 13.4. The number of nitrogens with zero attached hydrogens (tertiary/aromatic N) is 2. The fourth-order valence-corrected chi connectivity index (χ4v) is 3.07. The summed E-state index contributed by atoms with van der Waals surface area (Å²) in [5.74, 6) is 0. The quantitative estimate of drug-likeness (QED) is 0.916. The highest BCUT2D eigenvalue weighted by molar-refractivity contribution is 5.39. The molecule has 0 radical (unpaired) electrons. The second kappa shape index (κ2) is 6.83. The molecule has 2 rings (SSSR count). The lowest BCUT2D eigenvalue weighted by atomic mass is 9.94. The van der Waals surface area contributed by atoms with E-state index in [9.17, 15) is 0 Å². The van der Waals surface area contributed by atoms with Crippen molar-refractivity contribution < 1.29 is 0 Å². The smallest absolute Gasteiger partial charge is 0.0429 e. The fraction of sp³-hybridized carbons (Fsp3) is 0.389. The van der Waals surface area contributed by atoms with Gasteiger partial charge in [-0.15, -0.1) is 0 Å². The predicted octanol–water partition coefficient (Wildman–Crippen LogP) is 3.14. The van der Waals surface area contributed by atoms with Crippen molar-refractivity contribution in [2.45, 2.75) is 33.4 Å². The van der Waals surface area contributed by atoms with Crippen molar-refractivity contribution in [1.29, 1.82) is 0 Å². The van der Waals surface area contributed by atoms with Gasteiger partial charge < -0.3 is 10.6 Å². The van der Waals surface area contributed by atoms with Gasteiger partial charge in [0.2, 0.25) is 0 Å². The third-order valence-electron chi connectivity index (χ3n) is 3.82. The number of hydrogen-bond donors (Lipinski definition) is 1. The SMILES string of the molecule is Cc1cc(C)c(C(N)CN(C)Cc2ccncc2)c(C)c1. The molecular formula is C18H25N3. The number of rotatable bonds is 5. The minimum atomic E-state index is 0.0393. The molecule has 21 heavy (non-hydrogen) atoms. The van der Waals surface area contributed by atoms with E-state index in [1.54, 1.807) is 0 Å². The van der Waals surface area contributed by atoms with E-state index in [-0.39, 0.29) is 6.04 Å². The van der Waals surface area contributed by atoms with Gasteiger partial charge >= 0.3 is 0 Å². The molecule has 112 valence electrons. The first-order chi connectivity index (χ1) is 9.97. The van der Waals surface area contributed by atoms with Crippen molar-refractivity contribution in [1.82, 2.24) is 9.88 Å². The molecule has 0 spiro atoms. The number of likely N-dealkylation sites (N-methyl/N-ethyl adjacent to an activating group) is 1. The van der Waals surface area contributed by atoms with Crippen molar-refractivity contribution in [2.75, 3.05) is 13.6 Å². The van der Waals surface area contributed by atoms with E-state index in [2.05, 4.69) is 49.8 Å². The standard InChI is InChI=1S/C18H25N3/c1-13-9-14(2)18(15(3)10-13)17(19)12-21(4)11-16-5-7-20-8-6-16/h5-10,17H,11-12,19H2,1-4H3. The molecule has 3 nitrogen and oxygen atoms in total. The van der Waals surface area contributed by atoms with Crippen LogP contribution in [0.3, 0.4) is 0 Å². The minimum Gasteiger partial charge on any atom is -0.323 e. The Hall–Kier alpha value is -1.71. The topological polar surface area (TPSA) is 42.1 Å². The summed E-state index contributed by atoms with van der Waals surface area (Å²) < 4.78 is 0. The maximum atomic E-state index is 6.45. The van der Waals surface area contributed by atoms with Crippen LogP contribution in [-0.4, -0.2) is 23.5 Å². The summed E-state index contributed by atoms with van der Waals surface area (Å²) in [5, 5.41) is 0. The van der Waals surface area contributed by atoms with E-state index in [0.717, 1.165) is 13.1 Å². The van der Waals surface area contributed by atoms with Crippen LogP contribution < -0.4 is 5.73 Å². The lowest BCUT2D eigenvalue weighted by molar-refractivity contribution is 0.304. The summed E-state index contributed by atoms with van der Waals surface area (Å²) >= 11 is 0. The molecule has 3 heteroatoms. The molecule has 1 aromatic heterocycles. The fourth-order valence-electron chi connectivity index (χ4n) is 3.07. The van der Waals surface area contributed by atoms with Gasteiger partial charge in [0, 0.05) is 31.5 Å². The van der Waals surface area contributed by atoms with E-state index in [1.807, 2.05) is 24.5 Å². The summed E-state index contributed by atoms with van der Waals surface area (Å²) in [6, 6.07) is 8.56. The third-order valence-corrected chi connectivity index (χ3v) is 3.82. The Morgan fingerprint density at radius 1 is 1.10 bits per heavy atom. The summed E-state index contributed by atoms with van der Waals surface area (Å²) in [6.45, 7) is 8.16. The molecule has 0 fully saturated rings. The molecule has 2 aromatic rings. The summed E-state index contributed by atoms with van der Waals surface area (Å²) in [5.41, 5.74) is 12.9. The van der Waals surface area contributed by atoms with Crippen molar-refractivity contribution in [3.63, 3.8) is 0 Å². The van der Waals surface area contributed by atoms with Gasteiger partial charge in [-0.2, -0.15) is 0 Å². The van der Waals surface area contributed by atoms with Gasteiger partial charge in [0.15, 0.2) is 0 Å². The Morgan fingerprint density at radius 2 is 1.67 bits per heavy atom. The Morgan fingerprint density at radius 3 is 2.24 bits per heavy atom. The van der Waals surface area contributed by atoms with Gasteiger partial charge in [0.25, 0.3) is 0 Å². The van der Waals surface area contributed by atoms with Crippen molar-refractivity contribution >= 4 is 0 Å². The third kappa shape index (κ3) is 4.13. The second-order valence-electron chi connectivity index (χ2n) is 5.97. The normalized spacial score (nSPS) is 12.7. The molecule has 0 aliphatic heterocycles. The molecule has 1 atom stereocenters. The Labute approximate surface area is 127 Å². The maximum Gasteiger partial charge on any atom is 0.0429 e. The van der Waals surface area contributed by atoms with Crippen molar-refractivity contribution in [3.05, 3.63) is 64.5 Å². The molecule has 0 aliphatic carbocycles. The van der Waals surface area contributed by atoms with Crippen LogP contribution in [0.25, 0.3) is 0 Å². The van der Waals surface area contributed by atoms with Gasteiger partial charge in [-0.25, -0.2) is 0 Å². The number of aryl methyl sites for hydroxylation is 3. The average molecular weight is 283 g/mol. The van der Waals surface area contributed by atoms with Crippen LogP contribution in [0.4, 0.5) is 0 Å². The number of benzene rings is 1. The monoisotopic (exact) mass is 283 g/mol. The molecule has 2 N–H and O–H groups in total. The van der Waals surface area contributed by atoms with Crippen LogP contribution in [-0.2, 0) is 6.54 Å². The van der Waals surface area contributed by atoms with Crippen LogP contribution in [0.5, 0.6) is 0 Å². The number of pyridine rings is 1. The first kappa shape index (κ1) is 15.7. The second-order valence-corrected chi connectivity index (χ2v) is 5.97. The van der Waals surface area contributed by atoms with E-state index < -0.39 is 0 Å². The van der Waals surface area contributed by atoms with Crippen LogP contribution in [0.1, 0.15) is 33.9 Å². The van der Waals surface area contributed by atoms with Gasteiger partial charge in [-0.3, -0.25) is 4.98 Å². The molecule has 1 heterocycles. The summed E-state index contributed by atoms with van der Waals surface area (Å²) in [6.07, 6.45) is 3.66. The molecule has 0 saturated heterocycles. The average Bonchev–Trinajstić information content (AvgIpc) is 2.38. The highest BCUT2D eigenvalue weighted by Gasteiger charge is 2.14. The summed E-state index contributed by atoms with van der Waals surface area (Å²) in [4.78, 5) is 6.31. The molecule has 0 bridgehead atoms. The minimum absolute atomic E-state index is 0.0393. The first-order valence-corrected chi connectivity index (χ1v) is 7.38. The number of nitrogens with two attached hydrogens (primary N) is 1. The van der Waals surface area contributed by atoms with E-state index >= 15 is 0 Å². The van der Waals surface area contributed by atoms with Crippen LogP contribution >= 0.6 is 0 Å². The van der Waals surface area contributed by atoms with Crippen LogP contribution in [0, 0.1) is 20.8 Å². The van der Waals surface area contributed by atoms with E-state index in [0.29, 0.717) is 0 Å². The summed E-state index contributed by atoms with van der Waals surface area (Å²) in [7, 11) is 2.11. The van der Waals surface area contributed by atoms with E-state index in [1.165, 1.54) is 27.8 Å². The van der Waals surface area contributed by atoms with Crippen molar-refractivity contribution in [2.24, 2.45) is 5.73 Å². The van der Waals surface area contributed by atoms with Gasteiger partial charge in [0.05, 0.1) is 0 Å². The molecule has 0 aliphatic rings. The molecule has 1 unspecified atom stereocenters. The first-order valence-electron chi connectivity index (χ1n) is 7.38. The van der Waals surface area contributed by atoms with E-state index in [4.69, 9.17) is 5.73 Å². The molecule has 0 amide bonds. The lowest BCUT2D eigenvalue weighted by Gasteiger charge is -2.24. The van der Waals surface area contributed by atoms with Gasteiger partial charge in [-0.05, 0) is 62.2 Å². The Bertz CT molecular complexity index is 570. The largest absolute Gasteiger partial charge is 0.323 e. The lowest BCUT2D eigenvalue weighted by Crippen LogP contribution is -2.29. The zero-order valence-corrected chi connectivity index (χ0v) is 13.4. The van der Waals surface area contributed by atoms with Crippen LogP contribution in [0.15, 0.2) is 36.7 Å². The predicted molar refractivity (Wildman–Crippen MR) is 88.2 cm³/mol. The van der Waals surface area contributed by atoms with Crippen molar-refractivity contribution in [3.8, 4) is 0 Å². The number of aromatic nitrogens is 1. The van der Waals surface area contributed by atoms with Gasteiger partial charge in [0.1, 0.15) is 0 Å². The molecule has 0 saturated carbocycles. The van der Waals surface area contributed by atoms with Crippen LogP contribution in [0.2, 0.25) is 0 Å². The highest BCUT2D eigenvalue weighted by Crippen LogP contribution is 2.23. The Balaban J connectivity index is 2.06. The van der Waals surface area contributed by atoms with Gasteiger partial charge in [-0.1, -0.05) is 17.7 Å². The highest BCUT2D eigenvalue weighted by atomic mass is 15.1. The molecule has 1 aromatic carbocycles. The molecular weight excluding hydrogens is 258 g/mol. The Kier molecular flexibility index (Phi) is 5.10. The number of hydrogen-bond acceptors (Lipinski definition) is 3. The maximum absolute atomic E-state index is 6.45.